The lowest BCUT2D eigenvalue weighted by atomic mass is 10.1. The molecule has 0 aromatic carbocycles. The van der Waals surface area contributed by atoms with Gasteiger partial charge >= 0.3 is 0 Å². The minimum absolute atomic E-state index is 0.913. The summed E-state index contributed by atoms with van der Waals surface area (Å²) in [6.07, 6.45) is 7.38. The van der Waals surface area contributed by atoms with Gasteiger partial charge in [-0.15, -0.1) is 0 Å². The Morgan fingerprint density at radius 3 is 2.87 bits per heavy atom. The molecule has 3 heterocycles. The monoisotopic (exact) mass is 195 g/mol. The van der Waals surface area contributed by atoms with Crippen molar-refractivity contribution in [1.29, 1.82) is 0 Å². The van der Waals surface area contributed by atoms with Crippen LogP contribution in [0.25, 0.3) is 22.2 Å². The topological polar surface area (TPSA) is 41.6 Å². The molecule has 0 amide bonds. The van der Waals surface area contributed by atoms with Gasteiger partial charge in [0.1, 0.15) is 5.65 Å². The lowest BCUT2D eigenvalue weighted by Gasteiger charge is -1.96. The molecule has 3 rings (SSSR count). The summed E-state index contributed by atoms with van der Waals surface area (Å²) in [5, 5.41) is 1.13. The average Bonchev–Trinajstić information content (AvgIpc) is 2.74. The fraction of sp³-hybridized carbons (Fsp3) is 0. The molecule has 3 nitrogen and oxygen atoms in total. The Labute approximate surface area is 86.8 Å². The van der Waals surface area contributed by atoms with Crippen LogP contribution < -0.4 is 0 Å². The number of aromatic amines is 1. The Balaban J connectivity index is 2.28. The van der Waals surface area contributed by atoms with Crippen molar-refractivity contribution in [1.82, 2.24) is 15.0 Å². The Bertz CT molecular complexity index is 584. The molecular formula is C12H9N3. The molecule has 0 bridgehead atoms. The minimum atomic E-state index is 0.913. The molecule has 3 aromatic heterocycles. The first-order chi connectivity index (χ1) is 7.45. The third-order valence-electron chi connectivity index (χ3n) is 2.42. The third kappa shape index (κ3) is 1.29. The van der Waals surface area contributed by atoms with Crippen molar-refractivity contribution in [3.63, 3.8) is 0 Å². The van der Waals surface area contributed by atoms with Gasteiger partial charge in [0.2, 0.25) is 0 Å². The Morgan fingerprint density at radius 1 is 1.07 bits per heavy atom. The van der Waals surface area contributed by atoms with Crippen LogP contribution in [0.1, 0.15) is 0 Å². The van der Waals surface area contributed by atoms with Crippen molar-refractivity contribution in [2.24, 2.45) is 0 Å². The molecule has 3 aromatic rings. The summed E-state index contributed by atoms with van der Waals surface area (Å²) in [5.41, 5.74) is 3.17. The van der Waals surface area contributed by atoms with E-state index in [2.05, 4.69) is 21.0 Å². The van der Waals surface area contributed by atoms with Crippen molar-refractivity contribution in [3.05, 3.63) is 49.1 Å². The number of H-pyrrole nitrogens is 1. The fourth-order valence-corrected chi connectivity index (χ4v) is 1.72. The summed E-state index contributed by atoms with van der Waals surface area (Å²) in [6.45, 7) is 0. The van der Waals surface area contributed by atoms with E-state index in [9.17, 15) is 0 Å². The fourth-order valence-electron chi connectivity index (χ4n) is 1.72. The highest BCUT2D eigenvalue weighted by Gasteiger charge is 2.05. The molecule has 0 spiro atoms. The lowest BCUT2D eigenvalue weighted by Crippen LogP contribution is -1.77. The van der Waals surface area contributed by atoms with Crippen LogP contribution in [-0.2, 0) is 0 Å². The van der Waals surface area contributed by atoms with Gasteiger partial charge < -0.3 is 4.98 Å². The smallest absolute Gasteiger partial charge is 0.137 e. The number of nitrogens with zero attached hydrogens (tertiary/aromatic N) is 2. The van der Waals surface area contributed by atoms with Crippen molar-refractivity contribution in [2.45, 2.75) is 0 Å². The second-order valence-electron chi connectivity index (χ2n) is 3.34. The average molecular weight is 195 g/mol. The van der Waals surface area contributed by atoms with Crippen molar-refractivity contribution < 1.29 is 0 Å². The zero-order chi connectivity index (χ0) is 10.1. The van der Waals surface area contributed by atoms with Gasteiger partial charge in [0.25, 0.3) is 0 Å². The third-order valence-corrected chi connectivity index (χ3v) is 2.42. The van der Waals surface area contributed by atoms with E-state index in [1.807, 2.05) is 30.6 Å². The highest BCUT2D eigenvalue weighted by Crippen LogP contribution is 2.26. The molecule has 1 N–H and O–H groups in total. The zero-order valence-electron chi connectivity index (χ0n) is 8.01. The van der Waals surface area contributed by atoms with Crippen molar-refractivity contribution >= 4 is 11.0 Å². The molecule has 0 fully saturated rings. The number of fused-ring (bicyclic) bond motifs is 1. The van der Waals surface area contributed by atoms with Gasteiger partial charge in [0.05, 0.1) is 0 Å². The van der Waals surface area contributed by atoms with Crippen LogP contribution >= 0.6 is 0 Å². The second kappa shape index (κ2) is 3.20. The van der Waals surface area contributed by atoms with E-state index < -0.39 is 0 Å². The predicted octanol–water partition coefficient (Wildman–Crippen LogP) is 2.62. The van der Waals surface area contributed by atoms with Gasteiger partial charge in [-0.05, 0) is 18.2 Å². The van der Waals surface area contributed by atoms with Crippen LogP contribution in [0.5, 0.6) is 0 Å². The van der Waals surface area contributed by atoms with E-state index in [4.69, 9.17) is 0 Å². The molecule has 72 valence electrons. The van der Waals surface area contributed by atoms with E-state index in [0.29, 0.717) is 0 Å². The van der Waals surface area contributed by atoms with Crippen LogP contribution in [0.2, 0.25) is 0 Å². The van der Waals surface area contributed by atoms with Crippen LogP contribution in [0.4, 0.5) is 0 Å². The number of pyridine rings is 2. The first kappa shape index (κ1) is 8.17. The number of hydrogen-bond donors (Lipinski definition) is 1. The molecule has 0 unspecified atom stereocenters. The van der Waals surface area contributed by atoms with Gasteiger partial charge in [-0.3, -0.25) is 4.98 Å². The Kier molecular flexibility index (Phi) is 1.75. The number of aromatic nitrogens is 3. The van der Waals surface area contributed by atoms with E-state index in [-0.39, 0.29) is 0 Å². The standard InChI is InChI=1S/C12H9N3/c1-3-9(7-13-5-1)11-8-15-12-10(11)4-2-6-14-12/h1-8H,(H,14,15). The van der Waals surface area contributed by atoms with E-state index in [0.717, 1.165) is 22.2 Å². The maximum atomic E-state index is 4.25. The highest BCUT2D eigenvalue weighted by molar-refractivity contribution is 5.93. The van der Waals surface area contributed by atoms with E-state index >= 15 is 0 Å². The second-order valence-corrected chi connectivity index (χ2v) is 3.34. The summed E-state index contributed by atoms with van der Waals surface area (Å²) in [7, 11) is 0. The molecule has 0 aliphatic heterocycles. The molecule has 0 aliphatic carbocycles. The van der Waals surface area contributed by atoms with Gasteiger partial charge in [0.15, 0.2) is 0 Å². The number of hydrogen-bond acceptors (Lipinski definition) is 2. The van der Waals surface area contributed by atoms with Crippen LogP contribution in [0.15, 0.2) is 49.1 Å². The molecule has 0 atom stereocenters. The van der Waals surface area contributed by atoms with Crippen molar-refractivity contribution in [3.8, 4) is 11.1 Å². The quantitative estimate of drug-likeness (QED) is 0.648. The summed E-state index contributed by atoms with van der Waals surface area (Å²) in [4.78, 5) is 11.5. The minimum Gasteiger partial charge on any atom is -0.346 e. The van der Waals surface area contributed by atoms with Crippen LogP contribution in [0, 0.1) is 0 Å². The summed E-state index contributed by atoms with van der Waals surface area (Å²) < 4.78 is 0. The maximum absolute atomic E-state index is 4.25. The number of nitrogens with one attached hydrogen (secondary N) is 1. The van der Waals surface area contributed by atoms with Crippen LogP contribution in [0.3, 0.4) is 0 Å². The molecule has 15 heavy (non-hydrogen) atoms. The molecule has 0 aliphatic rings. The largest absolute Gasteiger partial charge is 0.346 e. The molecule has 0 saturated carbocycles. The molecule has 0 radical (unpaired) electrons. The zero-order valence-corrected chi connectivity index (χ0v) is 8.01. The SMILES string of the molecule is c1cncc(-c2c[nH]c3ncccc23)c1. The Morgan fingerprint density at radius 2 is 2.00 bits per heavy atom. The van der Waals surface area contributed by atoms with Crippen molar-refractivity contribution in [2.75, 3.05) is 0 Å². The molecule has 0 saturated heterocycles. The summed E-state index contributed by atoms with van der Waals surface area (Å²) >= 11 is 0. The van der Waals surface area contributed by atoms with Crippen LogP contribution in [-0.4, -0.2) is 15.0 Å². The summed E-state index contributed by atoms with van der Waals surface area (Å²) in [6, 6.07) is 7.98. The van der Waals surface area contributed by atoms with Gasteiger partial charge in [-0.1, -0.05) is 6.07 Å². The highest BCUT2D eigenvalue weighted by atomic mass is 14.8. The van der Waals surface area contributed by atoms with Gasteiger partial charge in [-0.2, -0.15) is 0 Å². The van der Waals surface area contributed by atoms with E-state index in [1.165, 1.54) is 0 Å². The molecular weight excluding hydrogens is 186 g/mol. The predicted molar refractivity (Wildman–Crippen MR) is 59.3 cm³/mol. The molecule has 3 heteroatoms. The Hall–Kier alpha value is -2.16. The van der Waals surface area contributed by atoms with Gasteiger partial charge in [0, 0.05) is 41.3 Å². The number of rotatable bonds is 1. The normalized spacial score (nSPS) is 10.7. The first-order valence-corrected chi connectivity index (χ1v) is 4.77. The van der Waals surface area contributed by atoms with Gasteiger partial charge in [-0.25, -0.2) is 4.98 Å². The first-order valence-electron chi connectivity index (χ1n) is 4.77. The lowest BCUT2D eigenvalue weighted by molar-refractivity contribution is 1.32. The summed E-state index contributed by atoms with van der Waals surface area (Å²) in [5.74, 6) is 0. The maximum Gasteiger partial charge on any atom is 0.137 e. The van der Waals surface area contributed by atoms with E-state index in [1.54, 1.807) is 12.4 Å².